The number of nitrogens with zero attached hydrogens (tertiary/aromatic N) is 1. The molecule has 1 fully saturated rings. The zero-order valence-electron chi connectivity index (χ0n) is 13.0. The molecule has 1 aliphatic rings. The first kappa shape index (κ1) is 17.7. The van der Waals surface area contributed by atoms with Crippen molar-refractivity contribution < 1.29 is 9.53 Å². The quantitative estimate of drug-likeness (QED) is 0.850. The van der Waals surface area contributed by atoms with Crippen LogP contribution in [0.25, 0.3) is 0 Å². The standard InChI is InChI=1S/C17H18Cl2N2O2S/c18-13-1-2-14(15(19)9-13)17(22)20-10-16(12-3-8-24-11-12)21-4-6-23-7-5-21/h1-3,8-9,11,16H,4-7,10H2,(H,20,22)/t16-/m1/s1. The van der Waals surface area contributed by atoms with E-state index in [1.807, 2.05) is 0 Å². The van der Waals surface area contributed by atoms with Crippen LogP contribution in [0, 0.1) is 0 Å². The molecule has 7 heteroatoms. The molecule has 4 nitrogen and oxygen atoms in total. The molecule has 128 valence electrons. The van der Waals surface area contributed by atoms with Crippen LogP contribution >= 0.6 is 34.5 Å². The molecule has 1 aromatic carbocycles. The molecule has 0 radical (unpaired) electrons. The Hall–Kier alpha value is -1.11. The predicted molar refractivity (Wildman–Crippen MR) is 98.2 cm³/mol. The van der Waals surface area contributed by atoms with Gasteiger partial charge in [0, 0.05) is 24.7 Å². The molecular formula is C17H18Cl2N2O2S. The molecule has 2 heterocycles. The minimum absolute atomic E-state index is 0.134. The fourth-order valence-electron chi connectivity index (χ4n) is 2.77. The van der Waals surface area contributed by atoms with Gasteiger partial charge in [0.15, 0.2) is 0 Å². The summed E-state index contributed by atoms with van der Waals surface area (Å²) in [6.07, 6.45) is 0. The number of amides is 1. The number of ether oxygens (including phenoxy) is 1. The van der Waals surface area contributed by atoms with Crippen LogP contribution < -0.4 is 5.32 Å². The SMILES string of the molecule is O=C(NC[C@H](c1ccsc1)N1CCOCC1)c1ccc(Cl)cc1Cl. The molecule has 2 aromatic rings. The number of benzene rings is 1. The van der Waals surface area contributed by atoms with Crippen LogP contribution in [0.3, 0.4) is 0 Å². The van der Waals surface area contributed by atoms with E-state index < -0.39 is 0 Å². The second-order valence-corrected chi connectivity index (χ2v) is 7.18. The summed E-state index contributed by atoms with van der Waals surface area (Å²) < 4.78 is 5.43. The third-order valence-corrected chi connectivity index (χ3v) is 5.30. The van der Waals surface area contributed by atoms with Gasteiger partial charge in [-0.25, -0.2) is 0 Å². The number of halogens is 2. The van der Waals surface area contributed by atoms with E-state index in [4.69, 9.17) is 27.9 Å². The summed E-state index contributed by atoms with van der Waals surface area (Å²) in [5.74, 6) is -0.190. The Balaban J connectivity index is 1.70. The zero-order chi connectivity index (χ0) is 16.9. The van der Waals surface area contributed by atoms with Gasteiger partial charge in [0.25, 0.3) is 5.91 Å². The lowest BCUT2D eigenvalue weighted by Crippen LogP contribution is -2.43. The van der Waals surface area contributed by atoms with Crippen molar-refractivity contribution >= 4 is 40.4 Å². The van der Waals surface area contributed by atoms with E-state index in [9.17, 15) is 4.79 Å². The molecule has 1 saturated heterocycles. The van der Waals surface area contributed by atoms with Crippen LogP contribution in [0.1, 0.15) is 22.0 Å². The maximum absolute atomic E-state index is 12.5. The van der Waals surface area contributed by atoms with Crippen molar-refractivity contribution in [3.8, 4) is 0 Å². The zero-order valence-corrected chi connectivity index (χ0v) is 15.3. The molecule has 0 bridgehead atoms. The lowest BCUT2D eigenvalue weighted by atomic mass is 10.1. The van der Waals surface area contributed by atoms with Crippen LogP contribution in [0.5, 0.6) is 0 Å². The number of rotatable bonds is 5. The van der Waals surface area contributed by atoms with Crippen LogP contribution in [-0.2, 0) is 4.74 Å². The monoisotopic (exact) mass is 384 g/mol. The Kier molecular flexibility index (Phi) is 6.14. The van der Waals surface area contributed by atoms with Gasteiger partial charge >= 0.3 is 0 Å². The highest BCUT2D eigenvalue weighted by atomic mass is 35.5. The van der Waals surface area contributed by atoms with Crippen LogP contribution in [-0.4, -0.2) is 43.7 Å². The van der Waals surface area contributed by atoms with Crippen molar-refractivity contribution in [3.05, 3.63) is 56.2 Å². The summed E-state index contributed by atoms with van der Waals surface area (Å²) in [4.78, 5) is 14.8. The van der Waals surface area contributed by atoms with Gasteiger partial charge in [-0.15, -0.1) is 0 Å². The number of thiophene rings is 1. The van der Waals surface area contributed by atoms with E-state index in [1.54, 1.807) is 29.5 Å². The molecule has 3 rings (SSSR count). The van der Waals surface area contributed by atoms with Gasteiger partial charge in [-0.2, -0.15) is 11.3 Å². The van der Waals surface area contributed by atoms with Crippen molar-refractivity contribution in [2.24, 2.45) is 0 Å². The normalized spacial score (nSPS) is 16.8. The second kappa shape index (κ2) is 8.32. The first-order chi connectivity index (χ1) is 11.6. The maximum Gasteiger partial charge on any atom is 0.252 e. The molecule has 0 spiro atoms. The molecule has 0 saturated carbocycles. The lowest BCUT2D eigenvalue weighted by Gasteiger charge is -2.34. The highest BCUT2D eigenvalue weighted by Gasteiger charge is 2.24. The van der Waals surface area contributed by atoms with Crippen molar-refractivity contribution in [2.75, 3.05) is 32.8 Å². The second-order valence-electron chi connectivity index (χ2n) is 5.56. The summed E-state index contributed by atoms with van der Waals surface area (Å²) in [5.41, 5.74) is 1.65. The van der Waals surface area contributed by atoms with E-state index in [-0.39, 0.29) is 11.9 Å². The Morgan fingerprint density at radius 1 is 1.29 bits per heavy atom. The van der Waals surface area contributed by atoms with E-state index in [1.165, 1.54) is 5.56 Å². The summed E-state index contributed by atoms with van der Waals surface area (Å²) in [6, 6.07) is 7.13. The Morgan fingerprint density at radius 2 is 2.08 bits per heavy atom. The number of hydrogen-bond donors (Lipinski definition) is 1. The molecule has 1 aliphatic heterocycles. The van der Waals surface area contributed by atoms with Crippen LogP contribution in [0.15, 0.2) is 35.0 Å². The Labute approximate surface area is 155 Å². The molecule has 0 aliphatic carbocycles. The number of hydrogen-bond acceptors (Lipinski definition) is 4. The summed E-state index contributed by atoms with van der Waals surface area (Å²) in [5, 5.41) is 8.06. The van der Waals surface area contributed by atoms with Crippen LogP contribution in [0.2, 0.25) is 10.0 Å². The summed E-state index contributed by atoms with van der Waals surface area (Å²) in [6.45, 7) is 3.68. The number of morpholine rings is 1. The first-order valence-electron chi connectivity index (χ1n) is 7.72. The lowest BCUT2D eigenvalue weighted by molar-refractivity contribution is 0.0163. The number of carbonyl (C=O) groups excluding carboxylic acids is 1. The number of nitrogens with one attached hydrogen (secondary N) is 1. The van der Waals surface area contributed by atoms with E-state index in [0.717, 1.165) is 26.3 Å². The van der Waals surface area contributed by atoms with Gasteiger partial charge in [0.1, 0.15) is 0 Å². The van der Waals surface area contributed by atoms with Gasteiger partial charge in [0.05, 0.1) is 29.8 Å². The Bertz CT molecular complexity index is 688. The average Bonchev–Trinajstić information content (AvgIpc) is 3.10. The van der Waals surface area contributed by atoms with E-state index in [0.29, 0.717) is 22.2 Å². The predicted octanol–water partition coefficient (Wildman–Crippen LogP) is 3.86. The minimum Gasteiger partial charge on any atom is -0.379 e. The van der Waals surface area contributed by atoms with Gasteiger partial charge in [-0.05, 0) is 40.6 Å². The van der Waals surface area contributed by atoms with Gasteiger partial charge < -0.3 is 10.1 Å². The van der Waals surface area contributed by atoms with E-state index >= 15 is 0 Å². The third kappa shape index (κ3) is 4.29. The first-order valence-corrected chi connectivity index (χ1v) is 9.42. The minimum atomic E-state index is -0.190. The fourth-order valence-corrected chi connectivity index (χ4v) is 3.97. The molecule has 1 N–H and O–H groups in total. The smallest absolute Gasteiger partial charge is 0.252 e. The summed E-state index contributed by atoms with van der Waals surface area (Å²) >= 11 is 13.7. The molecule has 1 atom stereocenters. The van der Waals surface area contributed by atoms with Crippen molar-refractivity contribution in [3.63, 3.8) is 0 Å². The highest BCUT2D eigenvalue weighted by Crippen LogP contribution is 2.24. The largest absolute Gasteiger partial charge is 0.379 e. The average molecular weight is 385 g/mol. The topological polar surface area (TPSA) is 41.6 Å². The fraction of sp³-hybridized carbons (Fsp3) is 0.353. The highest BCUT2D eigenvalue weighted by molar-refractivity contribution is 7.08. The number of carbonyl (C=O) groups is 1. The van der Waals surface area contributed by atoms with Crippen molar-refractivity contribution in [1.29, 1.82) is 0 Å². The molecule has 0 unspecified atom stereocenters. The third-order valence-electron chi connectivity index (χ3n) is 4.05. The molecular weight excluding hydrogens is 367 g/mol. The molecule has 1 amide bonds. The maximum atomic E-state index is 12.5. The van der Waals surface area contributed by atoms with Gasteiger partial charge in [0.2, 0.25) is 0 Å². The molecule has 1 aromatic heterocycles. The van der Waals surface area contributed by atoms with Crippen molar-refractivity contribution in [2.45, 2.75) is 6.04 Å². The summed E-state index contributed by atoms with van der Waals surface area (Å²) in [7, 11) is 0. The molecule has 24 heavy (non-hydrogen) atoms. The van der Waals surface area contributed by atoms with E-state index in [2.05, 4.69) is 27.0 Å². The van der Waals surface area contributed by atoms with Crippen LogP contribution in [0.4, 0.5) is 0 Å². The van der Waals surface area contributed by atoms with Gasteiger partial charge in [-0.1, -0.05) is 23.2 Å². The van der Waals surface area contributed by atoms with Gasteiger partial charge in [-0.3, -0.25) is 9.69 Å². The Morgan fingerprint density at radius 3 is 2.75 bits per heavy atom. The van der Waals surface area contributed by atoms with Crippen molar-refractivity contribution in [1.82, 2.24) is 10.2 Å².